The number of aliphatic hydroxyl groups is 11. The van der Waals surface area contributed by atoms with Crippen molar-refractivity contribution >= 4 is 16.9 Å². The van der Waals surface area contributed by atoms with Gasteiger partial charge in [0.25, 0.3) is 0 Å². The summed E-state index contributed by atoms with van der Waals surface area (Å²) < 4.78 is 45.1. The lowest BCUT2D eigenvalue weighted by molar-refractivity contribution is -0.277. The lowest BCUT2D eigenvalue weighted by Crippen LogP contribution is -2.60. The number of aromatic hydroxyl groups is 2. The van der Waals surface area contributed by atoms with Gasteiger partial charge in [0.1, 0.15) is 108 Å². The third-order valence-corrected chi connectivity index (χ3v) is 10.5. The molecule has 1 aromatic heterocycles. The van der Waals surface area contributed by atoms with E-state index in [1.165, 1.54) is 60.7 Å². The number of ether oxygens (including phenoxy) is 7. The Bertz CT molecular complexity index is 2150. The van der Waals surface area contributed by atoms with E-state index in [1.807, 2.05) is 0 Å². The molecule has 15 atom stereocenters. The highest BCUT2D eigenvalue weighted by atomic mass is 16.7. The number of carbonyl (C=O) groups is 1. The first-order chi connectivity index (χ1) is 29.6. The zero-order valence-corrected chi connectivity index (χ0v) is 32.1. The Morgan fingerprint density at radius 1 is 0.565 bits per heavy atom. The van der Waals surface area contributed by atoms with Gasteiger partial charge in [0.15, 0.2) is 0 Å². The highest BCUT2D eigenvalue weighted by molar-refractivity contribution is 5.90. The van der Waals surface area contributed by atoms with E-state index in [2.05, 4.69) is 0 Å². The molecule has 7 rings (SSSR count). The van der Waals surface area contributed by atoms with Crippen LogP contribution in [0.1, 0.15) is 10.4 Å². The molecule has 3 aliphatic heterocycles. The molecule has 3 aliphatic rings. The zero-order valence-electron chi connectivity index (χ0n) is 32.1. The molecule has 0 amide bonds. The minimum absolute atomic E-state index is 0.00157. The molecule has 4 heterocycles. The molecule has 3 aromatic carbocycles. The number of fused-ring (bicyclic) bond motifs is 1. The van der Waals surface area contributed by atoms with Gasteiger partial charge in [-0.15, -0.1) is 0 Å². The first-order valence-electron chi connectivity index (χ1n) is 19.1. The molecule has 13 N–H and O–H groups in total. The molecular weight excluding hydrogens is 832 g/mol. The van der Waals surface area contributed by atoms with E-state index in [0.717, 1.165) is 6.07 Å². The number of hydrogen-bond donors (Lipinski definition) is 13. The summed E-state index contributed by atoms with van der Waals surface area (Å²) in [5, 5.41) is 134. The Morgan fingerprint density at radius 2 is 1.06 bits per heavy atom. The fourth-order valence-electron chi connectivity index (χ4n) is 6.93. The average Bonchev–Trinajstić information content (AvgIpc) is 3.26. The number of benzene rings is 3. The lowest BCUT2D eigenvalue weighted by Gasteiger charge is -2.39. The van der Waals surface area contributed by atoms with Gasteiger partial charge in [-0.25, -0.2) is 9.21 Å². The highest BCUT2D eigenvalue weighted by Crippen LogP contribution is 2.41. The molecule has 4 aromatic rings. The van der Waals surface area contributed by atoms with Crippen LogP contribution in [-0.2, 0) is 18.9 Å². The largest absolute Gasteiger partial charge is 0.508 e. The Kier molecular flexibility index (Phi) is 13.6. The minimum Gasteiger partial charge on any atom is -0.508 e. The van der Waals surface area contributed by atoms with Crippen molar-refractivity contribution in [3.8, 4) is 40.1 Å². The van der Waals surface area contributed by atoms with Crippen LogP contribution >= 0.6 is 0 Å². The van der Waals surface area contributed by atoms with Gasteiger partial charge in [0.05, 0.1) is 30.4 Å². The second-order valence-corrected chi connectivity index (χ2v) is 14.7. The van der Waals surface area contributed by atoms with Gasteiger partial charge in [-0.1, -0.05) is 0 Å². The molecule has 336 valence electrons. The molecular formula is C40H45O22+. The summed E-state index contributed by atoms with van der Waals surface area (Å²) in [6.45, 7) is -2.05. The van der Waals surface area contributed by atoms with Gasteiger partial charge in [-0.3, -0.25) is 0 Å². The molecule has 62 heavy (non-hydrogen) atoms. The van der Waals surface area contributed by atoms with Crippen molar-refractivity contribution in [3.05, 3.63) is 72.3 Å². The van der Waals surface area contributed by atoms with Gasteiger partial charge < -0.3 is 99.5 Å². The monoisotopic (exact) mass is 877 g/mol. The summed E-state index contributed by atoms with van der Waals surface area (Å²) in [5.74, 6) is -1.84. The quantitative estimate of drug-likeness (QED) is 0.0505. The molecule has 3 fully saturated rings. The average molecular weight is 878 g/mol. The Morgan fingerprint density at radius 3 is 1.61 bits per heavy atom. The first-order valence-corrected chi connectivity index (χ1v) is 19.1. The molecule has 22 nitrogen and oxygen atoms in total. The molecule has 0 bridgehead atoms. The second kappa shape index (κ2) is 18.8. The van der Waals surface area contributed by atoms with Crippen LogP contribution in [0.3, 0.4) is 0 Å². The zero-order chi connectivity index (χ0) is 44.6. The van der Waals surface area contributed by atoms with Gasteiger partial charge in [0, 0.05) is 12.1 Å². The van der Waals surface area contributed by atoms with Crippen LogP contribution in [-0.4, -0.2) is 184 Å². The van der Waals surface area contributed by atoms with Crippen LogP contribution in [0.15, 0.2) is 71.1 Å². The van der Waals surface area contributed by atoms with Gasteiger partial charge in [-0.2, -0.15) is 0 Å². The molecule has 22 heteroatoms. The predicted molar refractivity (Wildman–Crippen MR) is 202 cm³/mol. The summed E-state index contributed by atoms with van der Waals surface area (Å²) in [6, 6.07) is 14.4. The lowest BCUT2D eigenvalue weighted by atomic mass is 9.99. The smallest absolute Gasteiger partial charge is 0.402 e. The Balaban J connectivity index is 1.05. The van der Waals surface area contributed by atoms with Gasteiger partial charge >= 0.3 is 17.3 Å². The van der Waals surface area contributed by atoms with Crippen molar-refractivity contribution in [2.45, 2.75) is 92.1 Å². The van der Waals surface area contributed by atoms with Crippen molar-refractivity contribution in [3.63, 3.8) is 0 Å². The van der Waals surface area contributed by atoms with E-state index < -0.39 is 124 Å². The van der Waals surface area contributed by atoms with E-state index in [0.29, 0.717) is 5.56 Å². The van der Waals surface area contributed by atoms with Crippen LogP contribution in [0.4, 0.5) is 0 Å². The number of esters is 1. The fraction of sp³-hybridized carbons (Fsp3) is 0.450. The number of rotatable bonds is 12. The summed E-state index contributed by atoms with van der Waals surface area (Å²) >= 11 is 0. The normalized spacial score (nSPS) is 33.8. The summed E-state index contributed by atoms with van der Waals surface area (Å²) in [4.78, 5) is 12.9. The van der Waals surface area contributed by atoms with Gasteiger partial charge in [0.2, 0.25) is 24.6 Å². The van der Waals surface area contributed by atoms with Crippen LogP contribution in [0.25, 0.3) is 22.3 Å². The molecule has 3 saturated heterocycles. The van der Waals surface area contributed by atoms with Crippen molar-refractivity contribution in [1.29, 1.82) is 0 Å². The minimum atomic E-state index is -1.88. The molecule has 15 unspecified atom stereocenters. The van der Waals surface area contributed by atoms with Gasteiger partial charge in [-0.05, 0) is 48.5 Å². The SMILES string of the molecule is O=C(OCC1OC(Oc2cc(O)c3cc(OC4OC(CO)C(O)C(O)C4O)c(-c4ccc(O)cc4)[o+]c3c2)C(O)C(O)C1O)c1ccc(OC2OC(CO)C(O)C(O)C2O)cc1. The van der Waals surface area contributed by atoms with E-state index in [9.17, 15) is 71.2 Å². The standard InChI is InChI=1S/C40H44O22/c41-12-24-27(45)30(48)33(51)38(60-24)56-18-7-3-16(4-8-18)37(54)55-14-26-29(47)32(50)34(52)39(62-26)57-19-9-21(44)20-11-23(59-40-35(53)31(49)28(46)25(13-42)61-40)36(58-22(20)10-19)15-1-5-17(43)6-2-15/h1-11,24-35,38-42,45-53H,12-14H2,(H-,43,44)/p+1. The highest BCUT2D eigenvalue weighted by Gasteiger charge is 2.48. The van der Waals surface area contributed by atoms with Crippen LogP contribution in [0.5, 0.6) is 28.7 Å². The topological polar surface area (TPSA) is 356 Å². The Labute approximate surface area is 349 Å². The van der Waals surface area contributed by atoms with Crippen molar-refractivity contribution in [1.82, 2.24) is 0 Å². The Hall–Kier alpha value is -5.02. The van der Waals surface area contributed by atoms with Crippen LogP contribution in [0.2, 0.25) is 0 Å². The summed E-state index contributed by atoms with van der Waals surface area (Å²) in [7, 11) is 0. The maximum absolute atomic E-state index is 12.9. The van der Waals surface area contributed by atoms with Crippen molar-refractivity contribution in [2.24, 2.45) is 0 Å². The molecule has 0 aliphatic carbocycles. The summed E-state index contributed by atoms with van der Waals surface area (Å²) in [5.41, 5.74) is 0.215. The first kappa shape index (κ1) is 45.0. The van der Waals surface area contributed by atoms with Crippen molar-refractivity contribution < 1.29 is 109 Å². The third kappa shape index (κ3) is 9.20. The number of hydrogen-bond acceptors (Lipinski definition) is 21. The summed E-state index contributed by atoms with van der Waals surface area (Å²) in [6.07, 6.45) is -24.5. The third-order valence-electron chi connectivity index (χ3n) is 10.5. The molecule has 0 radical (unpaired) electrons. The maximum atomic E-state index is 12.9. The predicted octanol–water partition coefficient (Wildman–Crippen LogP) is -2.81. The van der Waals surface area contributed by atoms with E-state index >= 15 is 0 Å². The fourth-order valence-corrected chi connectivity index (χ4v) is 6.93. The van der Waals surface area contributed by atoms with E-state index in [4.69, 9.17) is 37.6 Å². The second-order valence-electron chi connectivity index (χ2n) is 14.7. The molecule has 0 saturated carbocycles. The van der Waals surface area contributed by atoms with E-state index in [1.54, 1.807) is 0 Å². The van der Waals surface area contributed by atoms with E-state index in [-0.39, 0.29) is 45.3 Å². The molecule has 0 spiro atoms. The number of aliphatic hydroxyl groups excluding tert-OH is 11. The van der Waals surface area contributed by atoms with Crippen molar-refractivity contribution in [2.75, 3.05) is 19.8 Å². The number of phenols is 2. The van der Waals surface area contributed by atoms with Crippen LogP contribution < -0.4 is 14.2 Å². The van der Waals surface area contributed by atoms with Crippen LogP contribution in [0, 0.1) is 0 Å². The number of phenolic OH excluding ortho intramolecular Hbond substituents is 2. The maximum Gasteiger partial charge on any atom is 0.402 e. The number of carbonyl (C=O) groups excluding carboxylic acids is 1.